The molecule has 0 heterocycles. The van der Waals surface area contributed by atoms with Gasteiger partial charge in [-0.15, -0.1) is 0 Å². The quantitative estimate of drug-likeness (QED) is 0.907. The van der Waals surface area contributed by atoms with E-state index in [9.17, 15) is 5.11 Å². The molecule has 0 fully saturated rings. The lowest BCUT2D eigenvalue weighted by molar-refractivity contribution is 0.233. The number of benzene rings is 2. The number of rotatable bonds is 3. The minimum Gasteiger partial charge on any atom is -0.504 e. The first-order chi connectivity index (χ1) is 9.11. The maximum absolute atomic E-state index is 9.94. The van der Waals surface area contributed by atoms with E-state index in [1.54, 1.807) is 24.3 Å². The number of aromatic hydroxyl groups is 1. The van der Waals surface area contributed by atoms with Crippen LogP contribution in [0.1, 0.15) is 19.4 Å². The number of para-hydroxylation sites is 1. The first kappa shape index (κ1) is 13.0. The molecule has 96 valence electrons. The zero-order valence-corrected chi connectivity index (χ0v) is 10.9. The summed E-state index contributed by atoms with van der Waals surface area (Å²) in [6.07, 6.45) is -0.0359. The molecule has 0 radical (unpaired) electrons. The molecule has 2 rings (SSSR count). The summed E-state index contributed by atoms with van der Waals surface area (Å²) in [5.41, 5.74) is 2.22. The molecule has 0 spiro atoms. The molecule has 19 heavy (non-hydrogen) atoms. The number of phenolic OH excluding ortho intramolecular Hbond substituents is 1. The van der Waals surface area contributed by atoms with Gasteiger partial charge in [0.25, 0.3) is 0 Å². The first-order valence-corrected chi connectivity index (χ1v) is 6.11. The third kappa shape index (κ3) is 2.86. The lowest BCUT2D eigenvalue weighted by atomic mass is 10.0. The van der Waals surface area contributed by atoms with Crippen LogP contribution in [0, 0.1) is 11.3 Å². The average molecular weight is 253 g/mol. The van der Waals surface area contributed by atoms with Gasteiger partial charge in [0, 0.05) is 5.56 Å². The van der Waals surface area contributed by atoms with E-state index in [4.69, 9.17) is 10.00 Å². The molecule has 2 aromatic carbocycles. The van der Waals surface area contributed by atoms with Gasteiger partial charge in [0.1, 0.15) is 0 Å². The Morgan fingerprint density at radius 1 is 1.16 bits per heavy atom. The molecule has 0 aliphatic heterocycles. The fourth-order valence-electron chi connectivity index (χ4n) is 1.87. The number of nitrogens with zero attached hydrogens (tertiary/aromatic N) is 1. The second-order valence-electron chi connectivity index (χ2n) is 4.51. The Kier molecular flexibility index (Phi) is 3.72. The van der Waals surface area contributed by atoms with Gasteiger partial charge in [-0.25, -0.2) is 0 Å². The summed E-state index contributed by atoms with van der Waals surface area (Å²) in [5.74, 6) is 0.557. The normalized spacial score (nSPS) is 10.2. The Morgan fingerprint density at radius 3 is 2.58 bits per heavy atom. The van der Waals surface area contributed by atoms with E-state index >= 15 is 0 Å². The zero-order chi connectivity index (χ0) is 13.8. The van der Waals surface area contributed by atoms with Gasteiger partial charge < -0.3 is 9.84 Å². The fraction of sp³-hybridized carbons (Fsp3) is 0.188. The molecule has 3 heteroatoms. The van der Waals surface area contributed by atoms with Crippen LogP contribution < -0.4 is 4.74 Å². The van der Waals surface area contributed by atoms with Crippen molar-refractivity contribution in [3.05, 3.63) is 48.0 Å². The molecule has 3 nitrogen and oxygen atoms in total. The number of nitriles is 1. The van der Waals surface area contributed by atoms with Crippen molar-refractivity contribution in [1.82, 2.24) is 0 Å². The molecule has 0 aliphatic rings. The van der Waals surface area contributed by atoms with Gasteiger partial charge in [0.05, 0.1) is 17.7 Å². The lowest BCUT2D eigenvalue weighted by Gasteiger charge is -2.15. The van der Waals surface area contributed by atoms with Crippen LogP contribution in [-0.4, -0.2) is 11.2 Å². The highest BCUT2D eigenvalue weighted by molar-refractivity contribution is 5.74. The fourth-order valence-corrected chi connectivity index (χ4v) is 1.87. The largest absolute Gasteiger partial charge is 0.504 e. The minimum atomic E-state index is -0.0359. The summed E-state index contributed by atoms with van der Waals surface area (Å²) < 4.78 is 5.67. The highest BCUT2D eigenvalue weighted by atomic mass is 16.5. The van der Waals surface area contributed by atoms with Crippen LogP contribution in [0.2, 0.25) is 0 Å². The van der Waals surface area contributed by atoms with Crippen LogP contribution >= 0.6 is 0 Å². The summed E-state index contributed by atoms with van der Waals surface area (Å²) in [7, 11) is 0. The van der Waals surface area contributed by atoms with Gasteiger partial charge in [-0.1, -0.05) is 24.3 Å². The van der Waals surface area contributed by atoms with Crippen molar-refractivity contribution < 1.29 is 9.84 Å². The third-order valence-electron chi connectivity index (χ3n) is 2.65. The zero-order valence-electron chi connectivity index (χ0n) is 10.9. The number of phenols is 1. The molecule has 0 amide bonds. The highest BCUT2D eigenvalue weighted by Crippen LogP contribution is 2.38. The monoisotopic (exact) mass is 253 g/mol. The minimum absolute atomic E-state index is 0.0359. The van der Waals surface area contributed by atoms with Crippen molar-refractivity contribution >= 4 is 0 Å². The Hall–Kier alpha value is -2.47. The van der Waals surface area contributed by atoms with Crippen molar-refractivity contribution in [1.29, 1.82) is 5.26 Å². The number of hydrogen-bond acceptors (Lipinski definition) is 3. The van der Waals surface area contributed by atoms with Gasteiger partial charge >= 0.3 is 0 Å². The molecule has 0 saturated carbocycles. The van der Waals surface area contributed by atoms with Gasteiger partial charge in [0.2, 0.25) is 0 Å². The second kappa shape index (κ2) is 5.45. The molecular formula is C16H15NO2. The molecule has 0 unspecified atom stereocenters. The lowest BCUT2D eigenvalue weighted by Crippen LogP contribution is -2.06. The van der Waals surface area contributed by atoms with Crippen molar-refractivity contribution in [3.8, 4) is 28.7 Å². The standard InChI is InChI=1S/C16H15NO2/c1-11(2)19-16-14(7-4-8-15(16)18)13-6-3-5-12(9-13)10-17/h3-9,11,18H,1-2H3. The van der Waals surface area contributed by atoms with Crippen LogP contribution in [0.25, 0.3) is 11.1 Å². The van der Waals surface area contributed by atoms with Gasteiger partial charge in [0.15, 0.2) is 11.5 Å². The van der Waals surface area contributed by atoms with E-state index in [1.165, 1.54) is 0 Å². The average Bonchev–Trinajstić information content (AvgIpc) is 2.40. The predicted octanol–water partition coefficient (Wildman–Crippen LogP) is 3.72. The Balaban J connectivity index is 2.55. The van der Waals surface area contributed by atoms with E-state index in [1.807, 2.05) is 32.0 Å². The molecule has 0 atom stereocenters. The van der Waals surface area contributed by atoms with Crippen LogP contribution in [0.15, 0.2) is 42.5 Å². The van der Waals surface area contributed by atoms with Crippen molar-refractivity contribution in [2.75, 3.05) is 0 Å². The van der Waals surface area contributed by atoms with Crippen molar-refractivity contribution in [3.63, 3.8) is 0 Å². The molecule has 1 N–H and O–H groups in total. The van der Waals surface area contributed by atoms with Crippen molar-refractivity contribution in [2.45, 2.75) is 20.0 Å². The number of ether oxygens (including phenoxy) is 1. The Labute approximate surface area is 112 Å². The van der Waals surface area contributed by atoms with Gasteiger partial charge in [-0.2, -0.15) is 5.26 Å². The van der Waals surface area contributed by atoms with E-state index in [0.717, 1.165) is 11.1 Å². The van der Waals surface area contributed by atoms with E-state index in [2.05, 4.69) is 6.07 Å². The Bertz CT molecular complexity index is 627. The SMILES string of the molecule is CC(C)Oc1c(O)cccc1-c1cccc(C#N)c1. The predicted molar refractivity (Wildman–Crippen MR) is 74.0 cm³/mol. The van der Waals surface area contributed by atoms with Crippen LogP contribution in [0.5, 0.6) is 11.5 Å². The Morgan fingerprint density at radius 2 is 1.89 bits per heavy atom. The van der Waals surface area contributed by atoms with Crippen LogP contribution in [-0.2, 0) is 0 Å². The molecule has 0 saturated heterocycles. The molecule has 0 aromatic heterocycles. The summed E-state index contributed by atoms with van der Waals surface area (Å²) in [5, 5.41) is 18.9. The topological polar surface area (TPSA) is 53.2 Å². The maximum atomic E-state index is 9.94. The summed E-state index contributed by atoms with van der Waals surface area (Å²) in [4.78, 5) is 0. The van der Waals surface area contributed by atoms with E-state index < -0.39 is 0 Å². The van der Waals surface area contributed by atoms with E-state index in [-0.39, 0.29) is 11.9 Å². The molecular weight excluding hydrogens is 238 g/mol. The van der Waals surface area contributed by atoms with Crippen LogP contribution in [0.3, 0.4) is 0 Å². The maximum Gasteiger partial charge on any atom is 0.169 e. The van der Waals surface area contributed by atoms with Crippen molar-refractivity contribution in [2.24, 2.45) is 0 Å². The highest BCUT2D eigenvalue weighted by Gasteiger charge is 2.12. The smallest absolute Gasteiger partial charge is 0.169 e. The van der Waals surface area contributed by atoms with E-state index in [0.29, 0.717) is 11.3 Å². The second-order valence-corrected chi connectivity index (χ2v) is 4.51. The van der Waals surface area contributed by atoms with Gasteiger partial charge in [-0.05, 0) is 37.6 Å². The number of hydrogen-bond donors (Lipinski definition) is 1. The summed E-state index contributed by atoms with van der Waals surface area (Å²) >= 11 is 0. The first-order valence-electron chi connectivity index (χ1n) is 6.11. The molecule has 0 bridgehead atoms. The molecule has 0 aliphatic carbocycles. The van der Waals surface area contributed by atoms with Crippen LogP contribution in [0.4, 0.5) is 0 Å². The third-order valence-corrected chi connectivity index (χ3v) is 2.65. The van der Waals surface area contributed by atoms with Gasteiger partial charge in [-0.3, -0.25) is 0 Å². The molecule has 2 aromatic rings. The summed E-state index contributed by atoms with van der Waals surface area (Å²) in [6, 6.07) is 14.6. The summed E-state index contributed by atoms with van der Waals surface area (Å²) in [6.45, 7) is 3.81.